The van der Waals surface area contributed by atoms with Gasteiger partial charge < -0.3 is 14.7 Å². The number of alkyl halides is 3. The highest BCUT2D eigenvalue weighted by atomic mass is 19.4. The number of likely N-dealkylation sites (N-methyl/N-ethyl adjacent to an activating group) is 1. The molecule has 1 amide bonds. The minimum absolute atomic E-state index is 0.0489. The van der Waals surface area contributed by atoms with Crippen LogP contribution in [0.15, 0.2) is 54.6 Å². The molecule has 36 heavy (non-hydrogen) atoms. The maximum atomic E-state index is 13.0. The van der Waals surface area contributed by atoms with Gasteiger partial charge in [0.25, 0.3) is 0 Å². The van der Waals surface area contributed by atoms with Gasteiger partial charge in [-0.2, -0.15) is 13.2 Å². The van der Waals surface area contributed by atoms with Gasteiger partial charge in [-0.15, -0.1) is 0 Å². The lowest BCUT2D eigenvalue weighted by atomic mass is 10.0. The van der Waals surface area contributed by atoms with Crippen molar-refractivity contribution < 1.29 is 32.6 Å². The van der Waals surface area contributed by atoms with Crippen LogP contribution < -0.4 is 9.64 Å². The van der Waals surface area contributed by atoms with Crippen molar-refractivity contribution >= 4 is 17.6 Å². The first-order chi connectivity index (χ1) is 16.7. The molecule has 1 N–H and O–H groups in total. The van der Waals surface area contributed by atoms with E-state index in [1.165, 1.54) is 24.8 Å². The number of hydrogen-bond donors (Lipinski definition) is 1. The Morgan fingerprint density at radius 2 is 1.72 bits per heavy atom. The van der Waals surface area contributed by atoms with E-state index in [4.69, 9.17) is 4.74 Å². The van der Waals surface area contributed by atoms with Crippen molar-refractivity contribution in [3.63, 3.8) is 0 Å². The predicted octanol–water partition coefficient (Wildman–Crippen LogP) is 5.83. The highest BCUT2D eigenvalue weighted by Crippen LogP contribution is 2.33. The molecule has 0 saturated carbocycles. The van der Waals surface area contributed by atoms with Crippen LogP contribution in [-0.4, -0.2) is 34.6 Å². The van der Waals surface area contributed by atoms with Crippen LogP contribution in [0, 0.1) is 13.8 Å². The molecule has 0 spiro atoms. The standard InChI is InChI=1S/C27H27F3N2O4/c1-16-13-19(27(28,29)30)10-11-22(16)23-12-9-18(17(2)31-23)14-24(33)32(5)20-7-6-8-21(15-20)36-26(3,4)25(34)35/h6-13,15H,14H2,1-5H3,(H,34,35). The number of hydrogen-bond acceptors (Lipinski definition) is 4. The maximum Gasteiger partial charge on any atom is 0.416 e. The molecule has 0 aliphatic carbocycles. The molecule has 1 aromatic heterocycles. The van der Waals surface area contributed by atoms with Crippen LogP contribution in [0.4, 0.5) is 18.9 Å². The van der Waals surface area contributed by atoms with Crippen LogP contribution in [0.2, 0.25) is 0 Å². The number of carboxylic acids is 1. The van der Waals surface area contributed by atoms with Crippen molar-refractivity contribution in [2.45, 2.75) is 45.9 Å². The third kappa shape index (κ3) is 6.02. The van der Waals surface area contributed by atoms with E-state index >= 15 is 0 Å². The number of aliphatic carboxylic acids is 1. The normalized spacial score (nSPS) is 11.8. The number of anilines is 1. The fourth-order valence-corrected chi connectivity index (χ4v) is 3.57. The Balaban J connectivity index is 1.77. The van der Waals surface area contributed by atoms with Crippen LogP contribution in [-0.2, 0) is 22.2 Å². The summed E-state index contributed by atoms with van der Waals surface area (Å²) < 4.78 is 44.5. The third-order valence-electron chi connectivity index (χ3n) is 5.83. The van der Waals surface area contributed by atoms with Gasteiger partial charge in [-0.25, -0.2) is 4.79 Å². The summed E-state index contributed by atoms with van der Waals surface area (Å²) in [4.78, 5) is 30.3. The number of carbonyl (C=O) groups is 2. The number of benzene rings is 2. The van der Waals surface area contributed by atoms with Gasteiger partial charge in [0.2, 0.25) is 5.91 Å². The fourth-order valence-electron chi connectivity index (χ4n) is 3.57. The van der Waals surface area contributed by atoms with Gasteiger partial charge in [0.05, 0.1) is 17.7 Å². The average Bonchev–Trinajstić information content (AvgIpc) is 2.79. The number of nitrogens with zero attached hydrogens (tertiary/aromatic N) is 2. The van der Waals surface area contributed by atoms with Crippen molar-refractivity contribution in [1.29, 1.82) is 0 Å². The third-order valence-corrected chi connectivity index (χ3v) is 5.83. The number of pyridine rings is 1. The number of aryl methyl sites for hydroxylation is 2. The van der Waals surface area contributed by atoms with Crippen molar-refractivity contribution in [3.8, 4) is 17.0 Å². The summed E-state index contributed by atoms with van der Waals surface area (Å²) >= 11 is 0. The number of halogens is 3. The van der Waals surface area contributed by atoms with Gasteiger partial charge in [-0.3, -0.25) is 9.78 Å². The van der Waals surface area contributed by atoms with Crippen LogP contribution in [0.1, 0.15) is 36.2 Å². The molecule has 0 atom stereocenters. The highest BCUT2D eigenvalue weighted by molar-refractivity contribution is 5.94. The molecular weight excluding hydrogens is 473 g/mol. The number of amides is 1. The molecule has 0 saturated heterocycles. The molecule has 6 nitrogen and oxygen atoms in total. The summed E-state index contributed by atoms with van der Waals surface area (Å²) in [5.41, 5.74) is 1.21. The molecule has 0 aliphatic heterocycles. The fraction of sp³-hybridized carbons (Fsp3) is 0.296. The van der Waals surface area contributed by atoms with Crippen molar-refractivity contribution in [3.05, 3.63) is 77.0 Å². The largest absolute Gasteiger partial charge is 0.478 e. The van der Waals surface area contributed by atoms with Gasteiger partial charge >= 0.3 is 12.1 Å². The van der Waals surface area contributed by atoms with E-state index in [0.29, 0.717) is 39.5 Å². The molecule has 190 valence electrons. The van der Waals surface area contributed by atoms with Crippen LogP contribution in [0.3, 0.4) is 0 Å². The van der Waals surface area contributed by atoms with E-state index in [1.54, 1.807) is 57.3 Å². The van der Waals surface area contributed by atoms with E-state index in [-0.39, 0.29) is 12.3 Å². The van der Waals surface area contributed by atoms with Crippen molar-refractivity contribution in [1.82, 2.24) is 4.98 Å². The van der Waals surface area contributed by atoms with E-state index in [0.717, 1.165) is 12.1 Å². The smallest absolute Gasteiger partial charge is 0.416 e. The van der Waals surface area contributed by atoms with Crippen LogP contribution in [0.5, 0.6) is 5.75 Å². The van der Waals surface area contributed by atoms with Gasteiger partial charge in [0.15, 0.2) is 5.60 Å². The molecule has 0 bridgehead atoms. The molecule has 1 heterocycles. The summed E-state index contributed by atoms with van der Waals surface area (Å²) in [6, 6.07) is 13.5. The molecule has 2 aromatic carbocycles. The first-order valence-corrected chi connectivity index (χ1v) is 11.1. The molecule has 3 aromatic rings. The minimum Gasteiger partial charge on any atom is -0.478 e. The Bertz CT molecular complexity index is 1300. The highest BCUT2D eigenvalue weighted by Gasteiger charge is 2.31. The molecule has 0 unspecified atom stereocenters. The van der Waals surface area contributed by atoms with Crippen LogP contribution in [0.25, 0.3) is 11.3 Å². The number of aromatic nitrogens is 1. The van der Waals surface area contributed by atoms with Gasteiger partial charge in [0.1, 0.15) is 5.75 Å². The number of carbonyl (C=O) groups excluding carboxylic acids is 1. The zero-order chi connectivity index (χ0) is 26.8. The van der Waals surface area contributed by atoms with E-state index in [2.05, 4.69) is 4.98 Å². The molecular formula is C27H27F3N2O4. The van der Waals surface area contributed by atoms with Crippen LogP contribution >= 0.6 is 0 Å². The second-order valence-electron chi connectivity index (χ2n) is 9.01. The van der Waals surface area contributed by atoms with E-state index in [9.17, 15) is 27.9 Å². The molecule has 3 rings (SSSR count). The number of ether oxygens (including phenoxy) is 1. The summed E-state index contributed by atoms with van der Waals surface area (Å²) in [5.74, 6) is -1.03. The minimum atomic E-state index is -4.42. The average molecular weight is 501 g/mol. The SMILES string of the molecule is Cc1cc(C(F)(F)F)ccc1-c1ccc(CC(=O)N(C)c2cccc(OC(C)(C)C(=O)O)c2)c(C)n1. The maximum absolute atomic E-state index is 13.0. The Labute approximate surface area is 207 Å². The summed E-state index contributed by atoms with van der Waals surface area (Å²) in [6.07, 6.45) is -4.37. The summed E-state index contributed by atoms with van der Waals surface area (Å²) in [5, 5.41) is 9.27. The van der Waals surface area contributed by atoms with Gasteiger partial charge in [-0.1, -0.05) is 18.2 Å². The lowest BCUT2D eigenvalue weighted by molar-refractivity contribution is -0.152. The zero-order valence-corrected chi connectivity index (χ0v) is 20.6. The summed E-state index contributed by atoms with van der Waals surface area (Å²) in [6.45, 7) is 6.21. The first kappa shape index (κ1) is 26.7. The molecule has 0 fully saturated rings. The quantitative estimate of drug-likeness (QED) is 0.442. The first-order valence-electron chi connectivity index (χ1n) is 11.1. The predicted molar refractivity (Wildman–Crippen MR) is 130 cm³/mol. The van der Waals surface area contributed by atoms with Gasteiger partial charge in [-0.05, 0) is 69.2 Å². The van der Waals surface area contributed by atoms with E-state index < -0.39 is 23.3 Å². The lowest BCUT2D eigenvalue weighted by Crippen LogP contribution is -2.38. The molecule has 9 heteroatoms. The molecule has 0 aliphatic rings. The zero-order valence-electron chi connectivity index (χ0n) is 20.6. The summed E-state index contributed by atoms with van der Waals surface area (Å²) in [7, 11) is 1.60. The monoisotopic (exact) mass is 500 g/mol. The second kappa shape index (κ2) is 10.0. The molecule has 0 radical (unpaired) electrons. The van der Waals surface area contributed by atoms with Crippen molar-refractivity contribution in [2.24, 2.45) is 0 Å². The van der Waals surface area contributed by atoms with Gasteiger partial charge in [0, 0.05) is 30.1 Å². The Hall–Kier alpha value is -3.88. The number of rotatable bonds is 7. The Morgan fingerprint density at radius 1 is 1.03 bits per heavy atom. The van der Waals surface area contributed by atoms with Crippen molar-refractivity contribution in [2.75, 3.05) is 11.9 Å². The lowest BCUT2D eigenvalue weighted by Gasteiger charge is -2.23. The Kier molecular flexibility index (Phi) is 7.43. The Morgan fingerprint density at radius 3 is 2.31 bits per heavy atom. The van der Waals surface area contributed by atoms with E-state index in [1.807, 2.05) is 0 Å². The number of carboxylic acid groups (broad SMARTS) is 1. The second-order valence-corrected chi connectivity index (χ2v) is 9.01. The topological polar surface area (TPSA) is 79.7 Å².